The lowest BCUT2D eigenvalue weighted by Crippen LogP contribution is -2.28. The second-order valence-electron chi connectivity index (χ2n) is 7.11. The molecule has 2 aromatic rings. The molecular weight excluding hydrogens is 408 g/mol. The topological polar surface area (TPSA) is 67.4 Å². The molecule has 140 valence electrons. The molecule has 1 atom stereocenters. The lowest BCUT2D eigenvalue weighted by molar-refractivity contribution is -0.124. The largest absolute Gasteiger partial charge is 0.368 e. The molecule has 1 unspecified atom stereocenters. The van der Waals surface area contributed by atoms with E-state index in [1.807, 2.05) is 24.3 Å². The maximum Gasteiger partial charge on any atom is 0.253 e. The standard InChI is InChI=1S/C21H21BrN2O3/c22-15-5-3-14(4-6-15)21(11-12-21)20(26)24-17-9-7-16(8-10-17)23-19(25)18-2-1-13-27-18/h3-10,18H,1-2,11-13H2,(H,23,25)(H,24,26). The van der Waals surface area contributed by atoms with E-state index in [1.165, 1.54) is 0 Å². The zero-order chi connectivity index (χ0) is 18.9. The van der Waals surface area contributed by atoms with Crippen LogP contribution < -0.4 is 10.6 Å². The molecular formula is C21H21BrN2O3. The third kappa shape index (κ3) is 3.92. The van der Waals surface area contributed by atoms with E-state index in [0.29, 0.717) is 12.3 Å². The molecule has 2 aliphatic rings. The molecule has 2 N–H and O–H groups in total. The molecule has 2 aromatic carbocycles. The van der Waals surface area contributed by atoms with Crippen molar-refractivity contribution in [3.8, 4) is 0 Å². The molecule has 5 nitrogen and oxygen atoms in total. The van der Waals surface area contributed by atoms with Gasteiger partial charge in [-0.1, -0.05) is 28.1 Å². The lowest BCUT2D eigenvalue weighted by atomic mass is 9.95. The normalized spacial score (nSPS) is 20.1. The number of benzene rings is 2. The van der Waals surface area contributed by atoms with E-state index in [1.54, 1.807) is 24.3 Å². The van der Waals surface area contributed by atoms with Crippen LogP contribution in [0.4, 0.5) is 11.4 Å². The second-order valence-corrected chi connectivity index (χ2v) is 8.03. The Balaban J connectivity index is 1.39. The number of halogens is 1. The minimum absolute atomic E-state index is 0.0148. The van der Waals surface area contributed by atoms with Crippen molar-refractivity contribution < 1.29 is 14.3 Å². The molecule has 6 heteroatoms. The Labute approximate surface area is 166 Å². The molecule has 0 spiro atoms. The van der Waals surface area contributed by atoms with Gasteiger partial charge in [0.25, 0.3) is 5.91 Å². The van der Waals surface area contributed by atoms with Crippen molar-refractivity contribution in [2.24, 2.45) is 0 Å². The van der Waals surface area contributed by atoms with Crippen LogP contribution in [-0.4, -0.2) is 24.5 Å². The monoisotopic (exact) mass is 428 g/mol. The number of carbonyl (C=O) groups is 2. The third-order valence-corrected chi connectivity index (χ3v) is 5.74. The molecule has 4 rings (SSSR count). The van der Waals surface area contributed by atoms with Crippen LogP contribution >= 0.6 is 15.9 Å². The summed E-state index contributed by atoms with van der Waals surface area (Å²) in [6.07, 6.45) is 3.04. The number of carbonyl (C=O) groups excluding carboxylic acids is 2. The maximum atomic E-state index is 12.8. The van der Waals surface area contributed by atoms with Crippen LogP contribution in [0, 0.1) is 0 Å². The van der Waals surface area contributed by atoms with Gasteiger partial charge < -0.3 is 15.4 Å². The molecule has 1 saturated heterocycles. The smallest absolute Gasteiger partial charge is 0.253 e. The molecule has 0 aromatic heterocycles. The Hall–Kier alpha value is -2.18. The van der Waals surface area contributed by atoms with Gasteiger partial charge in [-0.3, -0.25) is 9.59 Å². The number of hydrogen-bond donors (Lipinski definition) is 2. The predicted molar refractivity (Wildman–Crippen MR) is 108 cm³/mol. The summed E-state index contributed by atoms with van der Waals surface area (Å²) in [7, 11) is 0. The summed E-state index contributed by atoms with van der Waals surface area (Å²) in [4.78, 5) is 24.9. The van der Waals surface area contributed by atoms with E-state index in [9.17, 15) is 9.59 Å². The lowest BCUT2D eigenvalue weighted by Gasteiger charge is -2.16. The van der Waals surface area contributed by atoms with Crippen molar-refractivity contribution in [3.63, 3.8) is 0 Å². The molecule has 2 fully saturated rings. The molecule has 1 saturated carbocycles. The highest BCUT2D eigenvalue weighted by atomic mass is 79.9. The van der Waals surface area contributed by atoms with Gasteiger partial charge in [0.1, 0.15) is 6.10 Å². The molecule has 0 radical (unpaired) electrons. The van der Waals surface area contributed by atoms with E-state index in [-0.39, 0.29) is 17.9 Å². The average Bonchev–Trinajstić information content (AvgIpc) is 3.30. The number of nitrogens with one attached hydrogen (secondary N) is 2. The zero-order valence-electron chi connectivity index (χ0n) is 14.8. The van der Waals surface area contributed by atoms with Crippen LogP contribution in [-0.2, 0) is 19.7 Å². The SMILES string of the molecule is O=C(Nc1ccc(NC(=O)C2(c3ccc(Br)cc3)CC2)cc1)C1CCCO1. The quantitative estimate of drug-likeness (QED) is 0.748. The summed E-state index contributed by atoms with van der Waals surface area (Å²) in [6.45, 7) is 0.642. The molecule has 1 heterocycles. The first-order valence-corrected chi connectivity index (χ1v) is 9.96. The van der Waals surface area contributed by atoms with Gasteiger partial charge in [0.05, 0.1) is 5.41 Å². The molecule has 2 amide bonds. The Morgan fingerprint density at radius 3 is 2.15 bits per heavy atom. The van der Waals surface area contributed by atoms with Crippen molar-refractivity contribution in [2.75, 3.05) is 17.2 Å². The Morgan fingerprint density at radius 2 is 1.59 bits per heavy atom. The molecule has 0 bridgehead atoms. The van der Waals surface area contributed by atoms with Gasteiger partial charge in [0, 0.05) is 22.5 Å². The maximum absolute atomic E-state index is 12.8. The summed E-state index contributed by atoms with van der Waals surface area (Å²) < 4.78 is 6.39. The van der Waals surface area contributed by atoms with Crippen molar-refractivity contribution in [3.05, 3.63) is 58.6 Å². The number of hydrogen-bond acceptors (Lipinski definition) is 3. The van der Waals surface area contributed by atoms with Crippen LogP contribution in [0.3, 0.4) is 0 Å². The van der Waals surface area contributed by atoms with Gasteiger partial charge in [-0.25, -0.2) is 0 Å². The minimum atomic E-state index is -0.423. The van der Waals surface area contributed by atoms with Crippen molar-refractivity contribution in [2.45, 2.75) is 37.2 Å². The summed E-state index contributed by atoms with van der Waals surface area (Å²) in [5, 5.41) is 5.86. The Kier molecular flexibility index (Phi) is 5.02. The first-order chi connectivity index (χ1) is 13.1. The van der Waals surface area contributed by atoms with E-state index in [0.717, 1.165) is 41.4 Å². The van der Waals surface area contributed by atoms with Gasteiger partial charge in [0.2, 0.25) is 5.91 Å². The average molecular weight is 429 g/mol. The van der Waals surface area contributed by atoms with Crippen LogP contribution in [0.5, 0.6) is 0 Å². The fraction of sp³-hybridized carbons (Fsp3) is 0.333. The molecule has 1 aliphatic heterocycles. The van der Waals surface area contributed by atoms with Crippen LogP contribution in [0.1, 0.15) is 31.2 Å². The van der Waals surface area contributed by atoms with E-state index < -0.39 is 5.41 Å². The fourth-order valence-corrected chi connectivity index (χ4v) is 3.70. The number of ether oxygens (including phenoxy) is 1. The number of anilines is 2. The minimum Gasteiger partial charge on any atom is -0.368 e. The Morgan fingerprint density at radius 1 is 0.963 bits per heavy atom. The Bertz CT molecular complexity index is 839. The number of amides is 2. The van der Waals surface area contributed by atoms with Gasteiger partial charge >= 0.3 is 0 Å². The van der Waals surface area contributed by atoms with Gasteiger partial charge in [-0.05, 0) is 67.6 Å². The fourth-order valence-electron chi connectivity index (χ4n) is 3.44. The summed E-state index contributed by atoms with van der Waals surface area (Å²) >= 11 is 3.43. The van der Waals surface area contributed by atoms with Crippen molar-refractivity contribution >= 4 is 39.1 Å². The third-order valence-electron chi connectivity index (χ3n) is 5.21. The van der Waals surface area contributed by atoms with Gasteiger partial charge in [-0.15, -0.1) is 0 Å². The van der Waals surface area contributed by atoms with Crippen molar-refractivity contribution in [1.29, 1.82) is 0 Å². The molecule has 1 aliphatic carbocycles. The van der Waals surface area contributed by atoms with Crippen LogP contribution in [0.25, 0.3) is 0 Å². The van der Waals surface area contributed by atoms with Gasteiger partial charge in [-0.2, -0.15) is 0 Å². The highest BCUT2D eigenvalue weighted by Gasteiger charge is 2.51. The highest BCUT2D eigenvalue weighted by molar-refractivity contribution is 9.10. The summed E-state index contributed by atoms with van der Waals surface area (Å²) in [5.41, 5.74) is 2.04. The highest BCUT2D eigenvalue weighted by Crippen LogP contribution is 2.49. The first-order valence-electron chi connectivity index (χ1n) is 9.17. The second kappa shape index (κ2) is 7.44. The van der Waals surface area contributed by atoms with Crippen LogP contribution in [0.2, 0.25) is 0 Å². The predicted octanol–water partition coefficient (Wildman–Crippen LogP) is 4.24. The first kappa shape index (κ1) is 18.2. The zero-order valence-corrected chi connectivity index (χ0v) is 16.4. The van der Waals surface area contributed by atoms with E-state index in [2.05, 4.69) is 26.6 Å². The van der Waals surface area contributed by atoms with E-state index >= 15 is 0 Å². The summed E-state index contributed by atoms with van der Waals surface area (Å²) in [5.74, 6) is -0.0996. The van der Waals surface area contributed by atoms with Crippen LogP contribution in [0.15, 0.2) is 53.0 Å². The summed E-state index contributed by atoms with van der Waals surface area (Å²) in [6, 6.07) is 15.1. The van der Waals surface area contributed by atoms with Gasteiger partial charge in [0.15, 0.2) is 0 Å². The molecule has 27 heavy (non-hydrogen) atoms. The van der Waals surface area contributed by atoms with E-state index in [4.69, 9.17) is 4.74 Å². The van der Waals surface area contributed by atoms with Crippen molar-refractivity contribution in [1.82, 2.24) is 0 Å². The number of rotatable bonds is 5.